The molecule has 0 amide bonds. The maximum Gasteiger partial charge on any atom is 0.285 e. The summed E-state index contributed by atoms with van der Waals surface area (Å²) in [5.74, 6) is 0.853. The van der Waals surface area contributed by atoms with Crippen LogP contribution < -0.4 is 10.2 Å². The van der Waals surface area contributed by atoms with E-state index in [1.807, 2.05) is 26.0 Å². The summed E-state index contributed by atoms with van der Waals surface area (Å²) in [5, 5.41) is 6.47. The van der Waals surface area contributed by atoms with Gasteiger partial charge in [0, 0.05) is 10.5 Å². The highest BCUT2D eigenvalue weighted by atomic mass is 79.9. The van der Waals surface area contributed by atoms with Gasteiger partial charge in [-0.25, -0.2) is 0 Å². The zero-order valence-electron chi connectivity index (χ0n) is 10.4. The van der Waals surface area contributed by atoms with E-state index in [-0.39, 0.29) is 22.4 Å². The van der Waals surface area contributed by atoms with Gasteiger partial charge >= 0.3 is 0 Å². The molecule has 0 aliphatic carbocycles. The topological polar surface area (TPSA) is 55.0 Å². The van der Waals surface area contributed by atoms with Crippen molar-refractivity contribution in [3.05, 3.63) is 49.7 Å². The minimum absolute atomic E-state index is 0.0198. The minimum Gasteiger partial charge on any atom is -0.434 e. The van der Waals surface area contributed by atoms with E-state index in [0.717, 1.165) is 10.0 Å². The van der Waals surface area contributed by atoms with E-state index in [2.05, 4.69) is 26.1 Å². The minimum atomic E-state index is -0.360. The Labute approximate surface area is 123 Å². The van der Waals surface area contributed by atoms with Gasteiger partial charge in [0.15, 0.2) is 0 Å². The predicted molar refractivity (Wildman–Crippen MR) is 78.2 cm³/mol. The van der Waals surface area contributed by atoms with Gasteiger partial charge in [-0.15, -0.1) is 5.10 Å². The summed E-state index contributed by atoms with van der Waals surface area (Å²) >= 11 is 9.06. The van der Waals surface area contributed by atoms with Crippen molar-refractivity contribution in [2.75, 3.05) is 0 Å². The molecule has 0 saturated carbocycles. The lowest BCUT2D eigenvalue weighted by molar-refractivity contribution is 0.442. The van der Waals surface area contributed by atoms with Crippen molar-refractivity contribution >= 4 is 27.5 Å². The highest BCUT2D eigenvalue weighted by Gasteiger charge is 2.12. The molecule has 1 N–H and O–H groups in total. The highest BCUT2D eigenvalue weighted by Crippen LogP contribution is 2.31. The number of hydrogen-bond acceptors (Lipinski definition) is 3. The first-order valence-corrected chi connectivity index (χ1v) is 6.87. The van der Waals surface area contributed by atoms with E-state index in [1.54, 1.807) is 6.07 Å². The van der Waals surface area contributed by atoms with Crippen LogP contribution in [0.1, 0.15) is 25.3 Å². The van der Waals surface area contributed by atoms with E-state index < -0.39 is 0 Å². The van der Waals surface area contributed by atoms with Gasteiger partial charge in [0.05, 0.1) is 0 Å². The van der Waals surface area contributed by atoms with Crippen molar-refractivity contribution in [2.24, 2.45) is 0 Å². The lowest BCUT2D eigenvalue weighted by atomic mass is 10.0. The van der Waals surface area contributed by atoms with Crippen molar-refractivity contribution in [1.82, 2.24) is 10.2 Å². The molecule has 2 aromatic rings. The Balaban J connectivity index is 2.40. The summed E-state index contributed by atoms with van der Waals surface area (Å²) in [6.45, 7) is 4.10. The van der Waals surface area contributed by atoms with E-state index in [1.165, 1.54) is 6.07 Å². The van der Waals surface area contributed by atoms with Gasteiger partial charge in [0.25, 0.3) is 5.88 Å². The molecule has 1 heterocycles. The second-order valence-electron chi connectivity index (χ2n) is 4.32. The Bertz CT molecular complexity index is 655. The zero-order chi connectivity index (χ0) is 14.0. The normalized spacial score (nSPS) is 10.8. The lowest BCUT2D eigenvalue weighted by Crippen LogP contribution is -2.08. The number of nitrogens with zero attached hydrogens (tertiary/aromatic N) is 1. The van der Waals surface area contributed by atoms with Crippen molar-refractivity contribution in [3.8, 4) is 11.6 Å². The fourth-order valence-electron chi connectivity index (χ4n) is 1.61. The van der Waals surface area contributed by atoms with E-state index in [0.29, 0.717) is 5.75 Å². The summed E-state index contributed by atoms with van der Waals surface area (Å²) < 4.78 is 6.54. The van der Waals surface area contributed by atoms with Gasteiger partial charge in [-0.3, -0.25) is 9.89 Å². The number of H-pyrrole nitrogens is 1. The fraction of sp³-hybridized carbons (Fsp3) is 0.231. The summed E-state index contributed by atoms with van der Waals surface area (Å²) in [7, 11) is 0. The Morgan fingerprint density at radius 2 is 2.11 bits per heavy atom. The number of benzene rings is 1. The Morgan fingerprint density at radius 1 is 1.37 bits per heavy atom. The van der Waals surface area contributed by atoms with Crippen molar-refractivity contribution in [3.63, 3.8) is 0 Å². The van der Waals surface area contributed by atoms with Gasteiger partial charge in [-0.05, 0) is 29.7 Å². The molecule has 0 fully saturated rings. The third-order valence-corrected chi connectivity index (χ3v) is 3.22. The van der Waals surface area contributed by atoms with Crippen LogP contribution >= 0.6 is 27.5 Å². The van der Waals surface area contributed by atoms with Gasteiger partial charge in [-0.1, -0.05) is 41.4 Å². The summed E-state index contributed by atoms with van der Waals surface area (Å²) in [4.78, 5) is 11.7. The van der Waals surface area contributed by atoms with Crippen molar-refractivity contribution in [2.45, 2.75) is 19.8 Å². The quantitative estimate of drug-likeness (QED) is 0.912. The molecule has 4 nitrogen and oxygen atoms in total. The number of rotatable bonds is 3. The Kier molecular flexibility index (Phi) is 4.27. The van der Waals surface area contributed by atoms with Crippen LogP contribution in [0.3, 0.4) is 0 Å². The molecule has 0 saturated heterocycles. The van der Waals surface area contributed by atoms with Crippen LogP contribution in [-0.2, 0) is 0 Å². The third kappa shape index (κ3) is 3.36. The lowest BCUT2D eigenvalue weighted by Gasteiger charge is -2.13. The molecule has 0 unspecified atom stereocenters. The molecule has 0 aliphatic heterocycles. The van der Waals surface area contributed by atoms with E-state index >= 15 is 0 Å². The monoisotopic (exact) mass is 342 g/mol. The van der Waals surface area contributed by atoms with Gasteiger partial charge in [0.2, 0.25) is 5.43 Å². The first-order chi connectivity index (χ1) is 8.97. The van der Waals surface area contributed by atoms with Crippen molar-refractivity contribution < 1.29 is 4.74 Å². The maximum absolute atomic E-state index is 11.7. The third-order valence-electron chi connectivity index (χ3n) is 2.53. The van der Waals surface area contributed by atoms with Crippen LogP contribution in [0.4, 0.5) is 0 Å². The molecule has 100 valence electrons. The molecule has 0 aliphatic rings. The highest BCUT2D eigenvalue weighted by molar-refractivity contribution is 9.10. The Morgan fingerprint density at radius 3 is 2.74 bits per heavy atom. The molecule has 1 aromatic carbocycles. The molecule has 0 bridgehead atoms. The van der Waals surface area contributed by atoms with E-state index in [4.69, 9.17) is 16.3 Å². The number of aromatic amines is 1. The molecule has 19 heavy (non-hydrogen) atoms. The molecule has 0 radical (unpaired) electrons. The average molecular weight is 344 g/mol. The van der Waals surface area contributed by atoms with Crippen molar-refractivity contribution in [1.29, 1.82) is 0 Å². The summed E-state index contributed by atoms with van der Waals surface area (Å²) in [6.07, 6.45) is 0. The molecular formula is C13H12BrClN2O2. The number of hydrogen-bond donors (Lipinski definition) is 1. The fourth-order valence-corrected chi connectivity index (χ4v) is 2.13. The number of ether oxygens (including phenoxy) is 1. The van der Waals surface area contributed by atoms with Crippen LogP contribution in [0.5, 0.6) is 11.6 Å². The predicted octanol–water partition coefficient (Wildman–Crippen LogP) is 4.10. The maximum atomic E-state index is 11.7. The molecule has 6 heteroatoms. The first-order valence-electron chi connectivity index (χ1n) is 5.70. The molecule has 2 rings (SSSR count). The largest absolute Gasteiger partial charge is 0.434 e. The Hall–Kier alpha value is -1.33. The van der Waals surface area contributed by atoms with Crippen LogP contribution in [0.15, 0.2) is 33.5 Å². The average Bonchev–Trinajstić information content (AvgIpc) is 2.34. The standard InChI is InChI=1S/C13H12BrClN2O2/c1-7(2)9-5-8(14)3-4-11(9)19-13-10(18)6-12(15)16-17-13/h3-7H,1-2H3,(H,16,18). The summed E-state index contributed by atoms with van der Waals surface area (Å²) in [6, 6.07) is 6.85. The van der Waals surface area contributed by atoms with Crippen LogP contribution in [0.2, 0.25) is 5.15 Å². The molecule has 0 atom stereocenters. The zero-order valence-corrected chi connectivity index (χ0v) is 12.7. The molecule has 1 aromatic heterocycles. The second kappa shape index (κ2) is 5.75. The number of aromatic nitrogens is 2. The van der Waals surface area contributed by atoms with Gasteiger partial charge < -0.3 is 4.74 Å². The van der Waals surface area contributed by atoms with Crippen LogP contribution in [0, 0.1) is 0 Å². The van der Waals surface area contributed by atoms with Gasteiger partial charge in [-0.2, -0.15) is 0 Å². The SMILES string of the molecule is CC(C)c1cc(Br)ccc1Oc1n[nH]c(Cl)cc1=O. The second-order valence-corrected chi connectivity index (χ2v) is 5.65. The molecular weight excluding hydrogens is 332 g/mol. The van der Waals surface area contributed by atoms with Crippen LogP contribution in [0.25, 0.3) is 0 Å². The summed E-state index contributed by atoms with van der Waals surface area (Å²) in [5.41, 5.74) is 0.631. The number of halogens is 2. The van der Waals surface area contributed by atoms with Gasteiger partial charge in [0.1, 0.15) is 10.9 Å². The molecule has 0 spiro atoms. The van der Waals surface area contributed by atoms with E-state index in [9.17, 15) is 4.79 Å². The van der Waals surface area contributed by atoms with Crippen LogP contribution in [-0.4, -0.2) is 10.2 Å². The smallest absolute Gasteiger partial charge is 0.285 e. The first kappa shape index (κ1) is 14.1. The number of nitrogens with one attached hydrogen (secondary N) is 1.